The Hall–Kier alpha value is -0.650. The first-order chi connectivity index (χ1) is 10.5. The van der Waals surface area contributed by atoms with Crippen molar-refractivity contribution in [2.45, 2.75) is 70.6 Å². The van der Waals surface area contributed by atoms with Gasteiger partial charge in [0.1, 0.15) is 0 Å². The molecule has 1 atom stereocenters. The topological polar surface area (TPSA) is 50.8 Å². The molecule has 0 aromatic rings. The molecule has 2 fully saturated rings. The van der Waals surface area contributed by atoms with Crippen LogP contribution in [0, 0.1) is 0 Å². The molecule has 0 spiro atoms. The molecular formula is C17H32N2O3. The van der Waals surface area contributed by atoms with E-state index in [2.05, 4.69) is 31.0 Å². The second-order valence-electron chi connectivity index (χ2n) is 7.23. The minimum Gasteiger partial charge on any atom is -0.376 e. The van der Waals surface area contributed by atoms with E-state index >= 15 is 0 Å². The number of nitrogens with zero attached hydrogens (tertiary/aromatic N) is 1. The average molecular weight is 312 g/mol. The van der Waals surface area contributed by atoms with E-state index in [1.54, 1.807) is 0 Å². The number of hydrogen-bond donors (Lipinski definition) is 1. The highest BCUT2D eigenvalue weighted by atomic mass is 16.5. The van der Waals surface area contributed by atoms with Crippen molar-refractivity contribution in [2.75, 3.05) is 32.8 Å². The summed E-state index contributed by atoms with van der Waals surface area (Å²) in [5, 5.41) is 3.10. The molecule has 0 bridgehead atoms. The Morgan fingerprint density at radius 2 is 2.05 bits per heavy atom. The van der Waals surface area contributed by atoms with Crippen LogP contribution >= 0.6 is 0 Å². The lowest BCUT2D eigenvalue weighted by Crippen LogP contribution is -2.49. The fraction of sp³-hybridized carbons (Fsp3) is 0.941. The molecule has 1 amide bonds. The van der Waals surface area contributed by atoms with Gasteiger partial charge in [-0.15, -0.1) is 0 Å². The van der Waals surface area contributed by atoms with Crippen LogP contribution in [0.5, 0.6) is 0 Å². The van der Waals surface area contributed by atoms with Crippen LogP contribution in [0.1, 0.15) is 52.9 Å². The van der Waals surface area contributed by atoms with E-state index in [4.69, 9.17) is 9.47 Å². The molecule has 22 heavy (non-hydrogen) atoms. The second kappa shape index (κ2) is 8.27. The number of nitrogens with one attached hydrogen (secondary N) is 1. The van der Waals surface area contributed by atoms with Crippen molar-refractivity contribution in [3.8, 4) is 0 Å². The Labute approximate surface area is 134 Å². The van der Waals surface area contributed by atoms with Crippen LogP contribution in [-0.4, -0.2) is 61.4 Å². The molecule has 2 aliphatic rings. The van der Waals surface area contributed by atoms with E-state index in [0.29, 0.717) is 18.8 Å². The van der Waals surface area contributed by atoms with E-state index in [1.165, 1.54) is 0 Å². The van der Waals surface area contributed by atoms with Gasteiger partial charge in [0.15, 0.2) is 0 Å². The summed E-state index contributed by atoms with van der Waals surface area (Å²) in [5.41, 5.74) is -0.111. The van der Waals surface area contributed by atoms with Gasteiger partial charge in [-0.3, -0.25) is 9.69 Å². The number of rotatable bonds is 7. The summed E-state index contributed by atoms with van der Waals surface area (Å²) in [6.45, 7) is 10.2. The Balaban J connectivity index is 1.61. The predicted molar refractivity (Wildman–Crippen MR) is 86.9 cm³/mol. The number of hydrogen-bond acceptors (Lipinski definition) is 4. The fourth-order valence-electron chi connectivity index (χ4n) is 2.96. The smallest absolute Gasteiger partial charge is 0.234 e. The maximum Gasteiger partial charge on any atom is 0.234 e. The number of piperidine rings is 1. The van der Waals surface area contributed by atoms with Gasteiger partial charge in [-0.2, -0.15) is 0 Å². The van der Waals surface area contributed by atoms with Crippen molar-refractivity contribution in [2.24, 2.45) is 0 Å². The van der Waals surface area contributed by atoms with Gasteiger partial charge in [0.05, 0.1) is 25.4 Å². The molecule has 5 nitrogen and oxygen atoms in total. The molecule has 0 saturated carbocycles. The number of carbonyl (C=O) groups excluding carboxylic acids is 1. The molecular weight excluding hydrogens is 280 g/mol. The van der Waals surface area contributed by atoms with Crippen molar-refractivity contribution in [3.05, 3.63) is 0 Å². The van der Waals surface area contributed by atoms with Crippen molar-refractivity contribution in [3.63, 3.8) is 0 Å². The predicted octanol–water partition coefficient (Wildman–Crippen LogP) is 1.95. The molecule has 128 valence electrons. The van der Waals surface area contributed by atoms with Gasteiger partial charge in [0, 0.05) is 25.2 Å². The van der Waals surface area contributed by atoms with Crippen LogP contribution in [0.2, 0.25) is 0 Å². The lowest BCUT2D eigenvalue weighted by atomic mass is 10.0. The minimum atomic E-state index is -0.111. The van der Waals surface area contributed by atoms with Gasteiger partial charge in [0.2, 0.25) is 5.91 Å². The fourth-order valence-corrected chi connectivity index (χ4v) is 2.96. The number of ether oxygens (including phenoxy) is 2. The van der Waals surface area contributed by atoms with Crippen molar-refractivity contribution >= 4 is 5.91 Å². The number of carbonyl (C=O) groups is 1. The highest BCUT2D eigenvalue weighted by molar-refractivity contribution is 5.78. The third-order valence-electron chi connectivity index (χ3n) is 4.81. The number of likely N-dealkylation sites (tertiary alicyclic amines) is 1. The SMILES string of the molecule is CCC(C)(C)NC(=O)CN1CCC(OCC2CCCO2)CC1. The van der Waals surface area contributed by atoms with Crippen LogP contribution in [0.25, 0.3) is 0 Å². The second-order valence-corrected chi connectivity index (χ2v) is 7.23. The van der Waals surface area contributed by atoms with E-state index in [-0.39, 0.29) is 11.4 Å². The standard InChI is InChI=1S/C17H32N2O3/c1-4-17(2,3)18-16(20)12-19-9-7-14(8-10-19)22-13-15-6-5-11-21-15/h14-15H,4-13H2,1-3H3,(H,18,20). The van der Waals surface area contributed by atoms with Gasteiger partial charge >= 0.3 is 0 Å². The first-order valence-electron chi connectivity index (χ1n) is 8.75. The van der Waals surface area contributed by atoms with Crippen molar-refractivity contribution in [1.29, 1.82) is 0 Å². The Bertz CT molecular complexity index is 346. The zero-order valence-electron chi connectivity index (χ0n) is 14.4. The molecule has 0 aliphatic carbocycles. The summed E-state index contributed by atoms with van der Waals surface area (Å²) in [5.74, 6) is 0.130. The molecule has 1 N–H and O–H groups in total. The zero-order chi connectivity index (χ0) is 16.0. The van der Waals surface area contributed by atoms with Crippen molar-refractivity contribution in [1.82, 2.24) is 10.2 Å². The summed E-state index contributed by atoms with van der Waals surface area (Å²) in [6.07, 6.45) is 5.89. The highest BCUT2D eigenvalue weighted by Crippen LogP contribution is 2.17. The van der Waals surface area contributed by atoms with Gasteiger partial charge in [-0.25, -0.2) is 0 Å². The summed E-state index contributed by atoms with van der Waals surface area (Å²) >= 11 is 0. The maximum absolute atomic E-state index is 12.1. The van der Waals surface area contributed by atoms with Gasteiger partial charge in [-0.05, 0) is 46.0 Å². The molecule has 2 heterocycles. The largest absolute Gasteiger partial charge is 0.376 e. The summed E-state index contributed by atoms with van der Waals surface area (Å²) in [4.78, 5) is 14.3. The molecule has 1 unspecified atom stereocenters. The molecule has 0 radical (unpaired) electrons. The Morgan fingerprint density at radius 1 is 1.32 bits per heavy atom. The van der Waals surface area contributed by atoms with Crippen LogP contribution in [0.15, 0.2) is 0 Å². The molecule has 0 aromatic carbocycles. The normalized spacial score (nSPS) is 24.6. The Morgan fingerprint density at radius 3 is 2.64 bits per heavy atom. The van der Waals surface area contributed by atoms with Crippen LogP contribution < -0.4 is 5.32 Å². The summed E-state index contributed by atoms with van der Waals surface area (Å²) in [7, 11) is 0. The third kappa shape index (κ3) is 5.86. The zero-order valence-corrected chi connectivity index (χ0v) is 14.4. The van der Waals surface area contributed by atoms with E-state index in [0.717, 1.165) is 58.4 Å². The van der Waals surface area contributed by atoms with Gasteiger partial charge in [-0.1, -0.05) is 6.92 Å². The summed E-state index contributed by atoms with van der Waals surface area (Å²) in [6, 6.07) is 0. The molecule has 2 aliphatic heterocycles. The van der Waals surface area contributed by atoms with Crippen LogP contribution in [-0.2, 0) is 14.3 Å². The average Bonchev–Trinajstić information content (AvgIpc) is 2.99. The highest BCUT2D eigenvalue weighted by Gasteiger charge is 2.25. The lowest BCUT2D eigenvalue weighted by Gasteiger charge is -2.33. The van der Waals surface area contributed by atoms with Gasteiger partial charge in [0.25, 0.3) is 0 Å². The molecule has 2 rings (SSSR count). The minimum absolute atomic E-state index is 0.111. The van der Waals surface area contributed by atoms with E-state index in [9.17, 15) is 4.79 Å². The van der Waals surface area contributed by atoms with Gasteiger partial charge < -0.3 is 14.8 Å². The summed E-state index contributed by atoms with van der Waals surface area (Å²) < 4.78 is 11.6. The monoisotopic (exact) mass is 312 g/mol. The Kier molecular flexibility index (Phi) is 6.66. The lowest BCUT2D eigenvalue weighted by molar-refractivity contribution is -0.124. The number of amides is 1. The van der Waals surface area contributed by atoms with E-state index in [1.807, 2.05) is 0 Å². The molecule has 5 heteroatoms. The van der Waals surface area contributed by atoms with Crippen LogP contribution in [0.4, 0.5) is 0 Å². The first kappa shape index (κ1) is 17.7. The van der Waals surface area contributed by atoms with Crippen molar-refractivity contribution < 1.29 is 14.3 Å². The third-order valence-corrected chi connectivity index (χ3v) is 4.81. The molecule has 2 saturated heterocycles. The van der Waals surface area contributed by atoms with E-state index < -0.39 is 0 Å². The van der Waals surface area contributed by atoms with Crippen LogP contribution in [0.3, 0.4) is 0 Å². The quantitative estimate of drug-likeness (QED) is 0.781. The maximum atomic E-state index is 12.1. The molecule has 0 aromatic heterocycles. The first-order valence-corrected chi connectivity index (χ1v) is 8.75.